The highest BCUT2D eigenvalue weighted by Gasteiger charge is 2.33. The van der Waals surface area contributed by atoms with Crippen LogP contribution in [0.1, 0.15) is 37.2 Å². The Morgan fingerprint density at radius 2 is 2.00 bits per heavy atom. The zero-order valence-electron chi connectivity index (χ0n) is 13.1. The summed E-state index contributed by atoms with van der Waals surface area (Å²) in [6.07, 6.45) is 5.38. The van der Waals surface area contributed by atoms with Crippen LogP contribution in [-0.4, -0.2) is 37.8 Å². The minimum Gasteiger partial charge on any atom is -0.449 e. The fourth-order valence-corrected chi connectivity index (χ4v) is 3.37. The molecule has 0 spiro atoms. The number of carbonyl (C=O) groups is 1. The molecule has 0 radical (unpaired) electrons. The minimum atomic E-state index is -0.0480. The van der Waals surface area contributed by atoms with Crippen LogP contribution in [-0.2, 0) is 0 Å². The molecule has 1 amide bonds. The number of furan rings is 1. The maximum Gasteiger partial charge on any atom is 0.290 e. The Morgan fingerprint density at radius 1 is 1.22 bits per heavy atom. The van der Waals surface area contributed by atoms with E-state index in [9.17, 15) is 4.79 Å². The number of nitrogens with one attached hydrogen (secondary N) is 1. The summed E-state index contributed by atoms with van der Waals surface area (Å²) in [5, 5.41) is 0.878. The summed E-state index contributed by atoms with van der Waals surface area (Å²) in [6.45, 7) is 4.16. The first-order valence-corrected chi connectivity index (χ1v) is 7.86. The third-order valence-electron chi connectivity index (χ3n) is 4.59. The number of hydrogen-bond donors (Lipinski definition) is 1. The highest BCUT2D eigenvalue weighted by atomic mass is 16.4. The molecule has 1 N–H and O–H groups in total. The van der Waals surface area contributed by atoms with Crippen molar-refractivity contribution in [1.29, 1.82) is 0 Å². The monoisotopic (exact) mass is 310 g/mol. The fraction of sp³-hybridized carbons (Fsp3) is 0.353. The molecule has 0 aromatic carbocycles. The van der Waals surface area contributed by atoms with Crippen LogP contribution >= 0.6 is 0 Å². The second kappa shape index (κ2) is 5.22. The summed E-state index contributed by atoms with van der Waals surface area (Å²) >= 11 is 0. The van der Waals surface area contributed by atoms with Crippen molar-refractivity contribution in [2.45, 2.75) is 38.8 Å². The van der Waals surface area contributed by atoms with E-state index >= 15 is 0 Å². The molecule has 1 aliphatic heterocycles. The molecular formula is C17H18N4O2. The molecule has 1 saturated heterocycles. The quantitative estimate of drug-likeness (QED) is 0.788. The van der Waals surface area contributed by atoms with Crippen LogP contribution in [0.3, 0.4) is 0 Å². The second-order valence-corrected chi connectivity index (χ2v) is 6.11. The molecule has 6 nitrogen and oxygen atoms in total. The van der Waals surface area contributed by atoms with Crippen LogP contribution < -0.4 is 0 Å². The predicted molar refractivity (Wildman–Crippen MR) is 85.9 cm³/mol. The van der Waals surface area contributed by atoms with E-state index in [4.69, 9.17) is 4.42 Å². The van der Waals surface area contributed by atoms with Crippen LogP contribution in [0.25, 0.3) is 22.5 Å². The Balaban J connectivity index is 1.69. The molecule has 6 heteroatoms. The van der Waals surface area contributed by atoms with Gasteiger partial charge in [0.15, 0.2) is 11.5 Å². The summed E-state index contributed by atoms with van der Waals surface area (Å²) in [6, 6.07) is 5.94. The van der Waals surface area contributed by atoms with Crippen LogP contribution in [0, 0.1) is 0 Å². The van der Waals surface area contributed by atoms with Gasteiger partial charge in [0.05, 0.1) is 0 Å². The van der Waals surface area contributed by atoms with Gasteiger partial charge in [-0.2, -0.15) is 0 Å². The Labute approximate surface area is 133 Å². The van der Waals surface area contributed by atoms with Gasteiger partial charge in [-0.1, -0.05) is 0 Å². The largest absolute Gasteiger partial charge is 0.449 e. The first-order chi connectivity index (χ1) is 11.1. The molecule has 4 heterocycles. The molecule has 0 saturated carbocycles. The molecule has 2 atom stereocenters. The van der Waals surface area contributed by atoms with Crippen LogP contribution in [0.5, 0.6) is 0 Å². The summed E-state index contributed by atoms with van der Waals surface area (Å²) in [7, 11) is 0. The molecule has 0 unspecified atom stereocenters. The first-order valence-electron chi connectivity index (χ1n) is 7.86. The van der Waals surface area contributed by atoms with Crippen LogP contribution in [0.4, 0.5) is 0 Å². The molecule has 0 bridgehead atoms. The number of aromatic nitrogens is 3. The van der Waals surface area contributed by atoms with Gasteiger partial charge in [-0.25, -0.2) is 9.97 Å². The summed E-state index contributed by atoms with van der Waals surface area (Å²) in [4.78, 5) is 26.1. The lowest BCUT2D eigenvalue weighted by Crippen LogP contribution is -2.38. The van der Waals surface area contributed by atoms with Gasteiger partial charge in [0.25, 0.3) is 5.91 Å². The molecule has 1 fully saturated rings. The predicted octanol–water partition coefficient (Wildman–Crippen LogP) is 3.23. The molecular weight excluding hydrogens is 292 g/mol. The van der Waals surface area contributed by atoms with Crippen molar-refractivity contribution >= 4 is 16.9 Å². The maximum absolute atomic E-state index is 12.7. The van der Waals surface area contributed by atoms with Crippen LogP contribution in [0.2, 0.25) is 0 Å². The van der Waals surface area contributed by atoms with Gasteiger partial charge in [0, 0.05) is 23.7 Å². The average molecular weight is 310 g/mol. The van der Waals surface area contributed by atoms with Crippen molar-refractivity contribution in [2.24, 2.45) is 0 Å². The maximum atomic E-state index is 12.7. The van der Waals surface area contributed by atoms with Gasteiger partial charge >= 0.3 is 0 Å². The van der Waals surface area contributed by atoms with Crippen molar-refractivity contribution in [1.82, 2.24) is 19.9 Å². The zero-order chi connectivity index (χ0) is 16.0. The van der Waals surface area contributed by atoms with Crippen LogP contribution in [0.15, 0.2) is 35.1 Å². The minimum absolute atomic E-state index is 0.0480. The number of fused-ring (bicyclic) bond motifs is 1. The van der Waals surface area contributed by atoms with E-state index in [0.29, 0.717) is 17.2 Å². The van der Waals surface area contributed by atoms with Gasteiger partial charge < -0.3 is 14.3 Å². The highest BCUT2D eigenvalue weighted by Crippen LogP contribution is 2.29. The number of rotatable bonds is 2. The Morgan fingerprint density at radius 3 is 2.78 bits per heavy atom. The first kappa shape index (κ1) is 14.0. The van der Waals surface area contributed by atoms with E-state index in [2.05, 4.69) is 28.8 Å². The van der Waals surface area contributed by atoms with Gasteiger partial charge in [0.1, 0.15) is 17.7 Å². The third-order valence-corrected chi connectivity index (χ3v) is 4.59. The molecule has 1 aliphatic rings. The SMILES string of the molecule is C[C@@H]1CC[C@@H](C)N1C(=O)c1ccc(-c2ncnc3[nH]ccc23)o1. The molecule has 0 aliphatic carbocycles. The molecule has 118 valence electrons. The van der Waals surface area contributed by atoms with Crippen molar-refractivity contribution in [3.8, 4) is 11.5 Å². The lowest BCUT2D eigenvalue weighted by molar-refractivity contribution is 0.0661. The lowest BCUT2D eigenvalue weighted by atomic mass is 10.2. The molecule has 23 heavy (non-hydrogen) atoms. The molecule has 3 aromatic heterocycles. The topological polar surface area (TPSA) is 75.0 Å². The van der Waals surface area contributed by atoms with E-state index in [0.717, 1.165) is 23.9 Å². The molecule has 3 aromatic rings. The Kier molecular flexibility index (Phi) is 3.18. The van der Waals surface area contributed by atoms with E-state index in [-0.39, 0.29) is 18.0 Å². The fourth-order valence-electron chi connectivity index (χ4n) is 3.37. The van der Waals surface area contributed by atoms with Gasteiger partial charge in [-0.3, -0.25) is 4.79 Å². The normalized spacial score (nSPS) is 21.2. The average Bonchev–Trinajstić information content (AvgIpc) is 3.26. The number of amides is 1. The number of nitrogens with zero attached hydrogens (tertiary/aromatic N) is 3. The van der Waals surface area contributed by atoms with E-state index < -0.39 is 0 Å². The zero-order valence-corrected chi connectivity index (χ0v) is 13.1. The molecule has 4 rings (SSSR count). The van der Waals surface area contributed by atoms with E-state index in [1.54, 1.807) is 12.1 Å². The van der Waals surface area contributed by atoms with E-state index in [1.807, 2.05) is 17.2 Å². The number of likely N-dealkylation sites (tertiary alicyclic amines) is 1. The van der Waals surface area contributed by atoms with Gasteiger partial charge in [0.2, 0.25) is 0 Å². The summed E-state index contributed by atoms with van der Waals surface area (Å²) < 4.78 is 5.82. The third kappa shape index (κ3) is 2.21. The van der Waals surface area contributed by atoms with E-state index in [1.165, 1.54) is 6.33 Å². The Bertz CT molecular complexity index is 856. The van der Waals surface area contributed by atoms with Crippen molar-refractivity contribution in [3.63, 3.8) is 0 Å². The highest BCUT2D eigenvalue weighted by molar-refractivity contribution is 5.94. The standard InChI is InChI=1S/C17H18N4O2/c1-10-3-4-11(2)21(10)17(22)14-6-5-13(23-14)15-12-7-8-18-16(12)20-9-19-15/h5-11H,3-4H2,1-2H3,(H,18,19,20)/t10-,11-/m1/s1. The summed E-state index contributed by atoms with van der Waals surface area (Å²) in [5.74, 6) is 0.899. The lowest BCUT2D eigenvalue weighted by Gasteiger charge is -2.25. The van der Waals surface area contributed by atoms with Crippen molar-refractivity contribution in [2.75, 3.05) is 0 Å². The van der Waals surface area contributed by atoms with Crippen molar-refractivity contribution < 1.29 is 9.21 Å². The summed E-state index contributed by atoms with van der Waals surface area (Å²) in [5.41, 5.74) is 1.44. The number of H-pyrrole nitrogens is 1. The van der Waals surface area contributed by atoms with Crippen molar-refractivity contribution in [3.05, 3.63) is 36.5 Å². The number of carbonyl (C=O) groups excluding carboxylic acids is 1. The number of aromatic amines is 1. The van der Waals surface area contributed by atoms with Gasteiger partial charge in [-0.05, 0) is 44.9 Å². The Hall–Kier alpha value is -2.63. The smallest absolute Gasteiger partial charge is 0.290 e. The second-order valence-electron chi connectivity index (χ2n) is 6.11. The van der Waals surface area contributed by atoms with Gasteiger partial charge in [-0.15, -0.1) is 0 Å². The number of hydrogen-bond acceptors (Lipinski definition) is 4.